The van der Waals surface area contributed by atoms with Gasteiger partial charge in [0, 0.05) is 50.8 Å². The number of benzene rings is 1. The number of carbonyl (C=O) groups excluding carboxylic acids is 1. The summed E-state index contributed by atoms with van der Waals surface area (Å²) in [6, 6.07) is 13.9. The fraction of sp³-hybridized carbons (Fsp3) is 0.304. The quantitative estimate of drug-likeness (QED) is 0.674. The summed E-state index contributed by atoms with van der Waals surface area (Å²) in [4.78, 5) is 32.6. The van der Waals surface area contributed by atoms with Crippen LogP contribution >= 0.6 is 0 Å². The van der Waals surface area contributed by atoms with Gasteiger partial charge in [0.25, 0.3) is 5.91 Å². The molecule has 0 spiro atoms. The van der Waals surface area contributed by atoms with Crippen LogP contribution in [0.15, 0.2) is 54.9 Å². The van der Waals surface area contributed by atoms with E-state index in [1.165, 1.54) is 5.56 Å². The number of rotatable bonds is 3. The summed E-state index contributed by atoms with van der Waals surface area (Å²) in [5, 5.41) is 0. The first-order valence-corrected chi connectivity index (χ1v) is 10.3. The minimum absolute atomic E-state index is 0.0166. The van der Waals surface area contributed by atoms with Crippen molar-refractivity contribution in [2.75, 3.05) is 47.4 Å². The monoisotopic (exact) mass is 400 g/mol. The molecular weight excluding hydrogens is 376 g/mol. The molecule has 5 rings (SSSR count). The Balaban J connectivity index is 1.24. The lowest BCUT2D eigenvalue weighted by Gasteiger charge is -2.36. The lowest BCUT2D eigenvalue weighted by atomic mass is 10.2. The van der Waals surface area contributed by atoms with E-state index in [9.17, 15) is 4.79 Å². The topological polar surface area (TPSA) is 65.5 Å². The third-order valence-corrected chi connectivity index (χ3v) is 5.82. The summed E-state index contributed by atoms with van der Waals surface area (Å²) >= 11 is 0. The molecule has 1 saturated heterocycles. The number of pyridine rings is 1. The van der Waals surface area contributed by atoms with E-state index in [1.54, 1.807) is 12.4 Å². The maximum Gasteiger partial charge on any atom is 0.259 e. The van der Waals surface area contributed by atoms with Gasteiger partial charge in [-0.15, -0.1) is 0 Å². The number of fused-ring (bicyclic) bond motifs is 1. The highest BCUT2D eigenvalue weighted by Gasteiger charge is 2.26. The zero-order chi connectivity index (χ0) is 20.5. The summed E-state index contributed by atoms with van der Waals surface area (Å²) in [7, 11) is 0. The highest BCUT2D eigenvalue weighted by atomic mass is 16.2. The van der Waals surface area contributed by atoms with Crippen LogP contribution in [0, 0.1) is 6.92 Å². The van der Waals surface area contributed by atoms with E-state index in [-0.39, 0.29) is 5.91 Å². The number of hydrogen-bond acceptors (Lipinski definition) is 6. The predicted molar refractivity (Wildman–Crippen MR) is 117 cm³/mol. The van der Waals surface area contributed by atoms with Crippen molar-refractivity contribution in [1.29, 1.82) is 0 Å². The lowest BCUT2D eigenvalue weighted by molar-refractivity contribution is 0.0989. The molecule has 7 heteroatoms. The molecule has 0 radical (unpaired) electrons. The van der Waals surface area contributed by atoms with Crippen molar-refractivity contribution in [3.63, 3.8) is 0 Å². The Morgan fingerprint density at radius 1 is 0.867 bits per heavy atom. The number of aromatic nitrogens is 3. The van der Waals surface area contributed by atoms with E-state index in [1.807, 2.05) is 48.2 Å². The van der Waals surface area contributed by atoms with Crippen LogP contribution in [-0.2, 0) is 6.42 Å². The van der Waals surface area contributed by atoms with E-state index < -0.39 is 0 Å². The van der Waals surface area contributed by atoms with Crippen LogP contribution < -0.4 is 14.7 Å². The van der Waals surface area contributed by atoms with Crippen LogP contribution in [0.1, 0.15) is 21.7 Å². The van der Waals surface area contributed by atoms with Crippen molar-refractivity contribution in [1.82, 2.24) is 15.0 Å². The number of amides is 1. The fourth-order valence-corrected chi connectivity index (χ4v) is 4.19. The van der Waals surface area contributed by atoms with Gasteiger partial charge in [-0.1, -0.05) is 18.2 Å². The van der Waals surface area contributed by atoms with Crippen molar-refractivity contribution in [2.24, 2.45) is 0 Å². The number of piperazine rings is 1. The molecule has 3 aromatic rings. The molecule has 7 nitrogen and oxygen atoms in total. The molecule has 1 amide bonds. The molecule has 0 N–H and O–H groups in total. The zero-order valence-electron chi connectivity index (χ0n) is 17.0. The molecule has 2 aliphatic rings. The summed E-state index contributed by atoms with van der Waals surface area (Å²) in [5.41, 5.74) is 2.88. The van der Waals surface area contributed by atoms with Crippen LogP contribution in [0.4, 0.5) is 17.3 Å². The van der Waals surface area contributed by atoms with Crippen LogP contribution in [0.3, 0.4) is 0 Å². The molecule has 30 heavy (non-hydrogen) atoms. The highest BCUT2D eigenvalue weighted by molar-refractivity contribution is 6.07. The highest BCUT2D eigenvalue weighted by Crippen LogP contribution is 2.29. The van der Waals surface area contributed by atoms with E-state index >= 15 is 0 Å². The van der Waals surface area contributed by atoms with Gasteiger partial charge in [0.2, 0.25) is 0 Å². The molecule has 152 valence electrons. The smallest absolute Gasteiger partial charge is 0.259 e. The van der Waals surface area contributed by atoms with Gasteiger partial charge in [-0.3, -0.25) is 4.79 Å². The Labute approximate surface area is 176 Å². The number of nitrogens with zero attached hydrogens (tertiary/aromatic N) is 6. The number of aryl methyl sites for hydroxylation is 1. The summed E-state index contributed by atoms with van der Waals surface area (Å²) in [6.07, 6.45) is 4.42. The normalized spacial score (nSPS) is 16.0. The van der Waals surface area contributed by atoms with Gasteiger partial charge >= 0.3 is 0 Å². The summed E-state index contributed by atoms with van der Waals surface area (Å²) in [5.74, 6) is 2.69. The Hall–Kier alpha value is -3.48. The Morgan fingerprint density at radius 2 is 1.63 bits per heavy atom. The molecule has 2 aliphatic heterocycles. The average Bonchev–Trinajstić information content (AvgIpc) is 3.23. The van der Waals surface area contributed by atoms with Crippen molar-refractivity contribution in [2.45, 2.75) is 13.3 Å². The Morgan fingerprint density at radius 3 is 2.37 bits per heavy atom. The zero-order valence-corrected chi connectivity index (χ0v) is 17.0. The van der Waals surface area contributed by atoms with Crippen LogP contribution in [0.5, 0.6) is 0 Å². The third-order valence-electron chi connectivity index (χ3n) is 5.82. The van der Waals surface area contributed by atoms with Crippen molar-refractivity contribution in [3.05, 3.63) is 71.8 Å². The lowest BCUT2D eigenvalue weighted by Crippen LogP contribution is -2.47. The molecule has 2 aromatic heterocycles. The van der Waals surface area contributed by atoms with E-state index in [0.717, 1.165) is 62.3 Å². The molecule has 0 saturated carbocycles. The van der Waals surface area contributed by atoms with Gasteiger partial charge in [-0.2, -0.15) is 0 Å². The maximum absolute atomic E-state index is 13.0. The summed E-state index contributed by atoms with van der Waals surface area (Å²) in [6.45, 7) is 6.12. The predicted octanol–water partition coefficient (Wildman–Crippen LogP) is 2.71. The second kappa shape index (κ2) is 7.74. The van der Waals surface area contributed by atoms with Crippen molar-refractivity contribution >= 4 is 23.2 Å². The first-order valence-electron chi connectivity index (χ1n) is 10.3. The van der Waals surface area contributed by atoms with E-state index in [4.69, 9.17) is 0 Å². The van der Waals surface area contributed by atoms with Crippen LogP contribution in [0.2, 0.25) is 0 Å². The molecule has 0 bridgehead atoms. The van der Waals surface area contributed by atoms with Crippen LogP contribution in [-0.4, -0.2) is 53.6 Å². The maximum atomic E-state index is 13.0. The Kier molecular flexibility index (Phi) is 4.78. The first-order chi connectivity index (χ1) is 14.7. The van der Waals surface area contributed by atoms with Crippen molar-refractivity contribution < 1.29 is 4.79 Å². The second-order valence-electron chi connectivity index (χ2n) is 7.68. The van der Waals surface area contributed by atoms with Gasteiger partial charge in [-0.05, 0) is 43.2 Å². The number of para-hydroxylation sites is 1. The average molecular weight is 400 g/mol. The third kappa shape index (κ3) is 3.47. The summed E-state index contributed by atoms with van der Waals surface area (Å²) < 4.78 is 0. The second-order valence-corrected chi connectivity index (χ2v) is 7.68. The standard InChI is InChI=1S/C23H24N6O/c1-17-24-10-8-22(26-17)28-14-12-27(13-15-28)21-7-6-19(16-25-21)23(30)29-11-9-18-4-2-3-5-20(18)29/h2-8,10,16H,9,11-15H2,1H3. The molecule has 1 fully saturated rings. The fourth-order valence-electron chi connectivity index (χ4n) is 4.19. The molecule has 0 atom stereocenters. The van der Waals surface area contributed by atoms with Gasteiger partial charge in [-0.25, -0.2) is 15.0 Å². The molecular formula is C23H24N6O. The van der Waals surface area contributed by atoms with Gasteiger partial charge < -0.3 is 14.7 Å². The number of anilines is 3. The number of carbonyl (C=O) groups is 1. The minimum Gasteiger partial charge on any atom is -0.353 e. The van der Waals surface area contributed by atoms with Gasteiger partial charge in [0.15, 0.2) is 0 Å². The van der Waals surface area contributed by atoms with Gasteiger partial charge in [0.05, 0.1) is 5.56 Å². The van der Waals surface area contributed by atoms with Gasteiger partial charge in [0.1, 0.15) is 17.5 Å². The molecule has 0 unspecified atom stereocenters. The van der Waals surface area contributed by atoms with E-state index in [0.29, 0.717) is 5.56 Å². The Bertz CT molecular complexity index is 1060. The molecule has 0 aliphatic carbocycles. The molecule has 4 heterocycles. The first kappa shape index (κ1) is 18.5. The minimum atomic E-state index is 0.0166. The van der Waals surface area contributed by atoms with E-state index in [2.05, 4.69) is 30.8 Å². The number of hydrogen-bond donors (Lipinski definition) is 0. The largest absolute Gasteiger partial charge is 0.353 e. The molecule has 1 aromatic carbocycles. The SMILES string of the molecule is Cc1nccc(N2CCN(c3ccc(C(=O)N4CCc5ccccc54)cn3)CC2)n1. The van der Waals surface area contributed by atoms with Crippen molar-refractivity contribution in [3.8, 4) is 0 Å². The van der Waals surface area contributed by atoms with Crippen LogP contribution in [0.25, 0.3) is 0 Å².